The summed E-state index contributed by atoms with van der Waals surface area (Å²) in [4.78, 5) is 38.1. The SMILES string of the molecule is CC/C=C\C/C=C\C/C=C\C/C=C\C/C=C\C/C=C\CCCCCCCCCCCCC(=O)OC(COC(=O)CCCCCCCCCCCCCCCCCCCCCCCCCCCCCCCC)COP(=O)([O-])OCC[N+](C)(C)C. The molecule has 0 saturated heterocycles. The van der Waals surface area contributed by atoms with Crippen molar-refractivity contribution in [3.8, 4) is 0 Å². The molecule has 0 rings (SSSR count). The molecule has 0 amide bonds. The van der Waals surface area contributed by atoms with Crippen molar-refractivity contribution < 1.29 is 42.1 Å². The van der Waals surface area contributed by atoms with E-state index in [9.17, 15) is 19.0 Å². The minimum atomic E-state index is -4.64. The number of nitrogens with zero attached hydrogens (tertiary/aromatic N) is 1. The van der Waals surface area contributed by atoms with Crippen LogP contribution in [0, 0.1) is 0 Å². The highest BCUT2D eigenvalue weighted by atomic mass is 31.2. The van der Waals surface area contributed by atoms with Crippen LogP contribution in [-0.2, 0) is 32.7 Å². The van der Waals surface area contributed by atoms with E-state index in [4.69, 9.17) is 18.5 Å². The lowest BCUT2D eigenvalue weighted by Gasteiger charge is -2.28. The van der Waals surface area contributed by atoms with Gasteiger partial charge in [0.1, 0.15) is 19.8 Å². The van der Waals surface area contributed by atoms with E-state index in [2.05, 4.69) is 86.8 Å². The minimum Gasteiger partial charge on any atom is -0.756 e. The molecule has 2 unspecified atom stereocenters. The van der Waals surface area contributed by atoms with Gasteiger partial charge in [-0.05, 0) is 64.2 Å². The molecule has 0 spiro atoms. The first-order valence-corrected chi connectivity index (χ1v) is 36.6. The largest absolute Gasteiger partial charge is 0.756 e. The third-order valence-corrected chi connectivity index (χ3v) is 16.5. The summed E-state index contributed by atoms with van der Waals surface area (Å²) in [6, 6.07) is 0. The molecule has 2 atom stereocenters. The van der Waals surface area contributed by atoms with Crippen molar-refractivity contribution in [3.63, 3.8) is 0 Å². The molecule has 0 N–H and O–H groups in total. The van der Waals surface area contributed by atoms with Gasteiger partial charge in [0.05, 0.1) is 27.7 Å². The quantitative estimate of drug-likeness (QED) is 0.0195. The second-order valence-electron chi connectivity index (χ2n) is 24.9. The third kappa shape index (κ3) is 68.4. The fourth-order valence-corrected chi connectivity index (χ4v) is 10.9. The predicted octanol–water partition coefficient (Wildman–Crippen LogP) is 22.1. The summed E-state index contributed by atoms with van der Waals surface area (Å²) in [7, 11) is 1.17. The standard InChI is InChI=1S/C73H134NO8P/c1-6-8-10-12-14-16-18-20-22-24-26-28-30-32-34-36-38-39-41-43-45-47-49-51-53-55-57-59-61-63-65-72(75)79-69-71(70-81-83(77,78)80-68-67-74(3,4)5)82-73(76)66-64-62-60-58-56-54-52-50-48-46-44-42-40-37-35-33-31-29-27-25-23-21-19-17-15-13-11-9-7-2/h9,11,15,17,21,23,27,29,33,35,40,42,71H,6-8,10,12-14,16,18-20,22,24-26,28,30-32,34,36-39,41,43-70H2,1-5H3/b11-9-,17-15-,23-21-,29-27-,35-33-,42-40-. The molecule has 10 heteroatoms. The summed E-state index contributed by atoms with van der Waals surface area (Å²) in [5, 5.41) is 0. The number of allylic oxidation sites excluding steroid dienone is 12. The molecule has 9 nitrogen and oxygen atoms in total. The van der Waals surface area contributed by atoms with Crippen molar-refractivity contribution in [2.75, 3.05) is 47.5 Å². The molecule has 83 heavy (non-hydrogen) atoms. The van der Waals surface area contributed by atoms with Gasteiger partial charge in [0.15, 0.2) is 6.10 Å². The molecule has 0 aromatic rings. The number of carbonyl (C=O) groups is 2. The first-order valence-electron chi connectivity index (χ1n) is 35.1. The first-order chi connectivity index (χ1) is 40.5. The zero-order valence-electron chi connectivity index (χ0n) is 55.1. The molecule has 0 bridgehead atoms. The van der Waals surface area contributed by atoms with E-state index in [1.54, 1.807) is 0 Å². The van der Waals surface area contributed by atoms with E-state index in [0.29, 0.717) is 17.4 Å². The van der Waals surface area contributed by atoms with Gasteiger partial charge in [-0.2, -0.15) is 0 Å². The molecular formula is C73H134NO8P. The van der Waals surface area contributed by atoms with E-state index in [1.165, 1.54) is 212 Å². The summed E-state index contributed by atoms with van der Waals surface area (Å²) in [6.07, 6.45) is 85.6. The van der Waals surface area contributed by atoms with Gasteiger partial charge in [0, 0.05) is 12.8 Å². The van der Waals surface area contributed by atoms with Crippen LogP contribution in [0.5, 0.6) is 0 Å². The van der Waals surface area contributed by atoms with Gasteiger partial charge in [-0.15, -0.1) is 0 Å². The van der Waals surface area contributed by atoms with Crippen LogP contribution < -0.4 is 4.89 Å². The number of quaternary nitrogens is 1. The van der Waals surface area contributed by atoms with Crippen molar-refractivity contribution in [3.05, 3.63) is 72.9 Å². The molecule has 0 aliphatic rings. The smallest absolute Gasteiger partial charge is 0.306 e. The molecule has 0 saturated carbocycles. The normalized spacial score (nSPS) is 13.6. The lowest BCUT2D eigenvalue weighted by atomic mass is 10.0. The highest BCUT2D eigenvalue weighted by molar-refractivity contribution is 7.45. The number of hydrogen-bond acceptors (Lipinski definition) is 8. The number of phosphoric ester groups is 1. The van der Waals surface area contributed by atoms with Crippen LogP contribution in [0.25, 0.3) is 0 Å². The summed E-state index contributed by atoms with van der Waals surface area (Å²) in [5.41, 5.74) is 0. The van der Waals surface area contributed by atoms with Crippen LogP contribution in [0.3, 0.4) is 0 Å². The van der Waals surface area contributed by atoms with Gasteiger partial charge in [0.25, 0.3) is 7.82 Å². The van der Waals surface area contributed by atoms with Crippen molar-refractivity contribution in [1.82, 2.24) is 0 Å². The van der Waals surface area contributed by atoms with Gasteiger partial charge >= 0.3 is 11.9 Å². The van der Waals surface area contributed by atoms with Crippen LogP contribution in [0.4, 0.5) is 0 Å². The van der Waals surface area contributed by atoms with Crippen LogP contribution in [0.1, 0.15) is 328 Å². The van der Waals surface area contributed by atoms with E-state index >= 15 is 0 Å². The number of unbranched alkanes of at least 4 members (excludes halogenated alkanes) is 39. The molecule has 484 valence electrons. The number of rotatable bonds is 65. The van der Waals surface area contributed by atoms with Crippen molar-refractivity contribution in [2.24, 2.45) is 0 Å². The maximum Gasteiger partial charge on any atom is 0.306 e. The number of esters is 2. The molecule has 0 radical (unpaired) electrons. The van der Waals surface area contributed by atoms with Gasteiger partial charge in [-0.1, -0.05) is 324 Å². The zero-order valence-corrected chi connectivity index (χ0v) is 56.0. The lowest BCUT2D eigenvalue weighted by Crippen LogP contribution is -2.37. The van der Waals surface area contributed by atoms with Gasteiger partial charge < -0.3 is 27.9 Å². The maximum absolute atomic E-state index is 12.9. The topological polar surface area (TPSA) is 111 Å². The molecular weight excluding hydrogens is 1050 g/mol. The fourth-order valence-electron chi connectivity index (χ4n) is 10.1. The summed E-state index contributed by atoms with van der Waals surface area (Å²) >= 11 is 0. The monoisotopic (exact) mass is 1180 g/mol. The van der Waals surface area contributed by atoms with E-state index in [-0.39, 0.29) is 32.0 Å². The fraction of sp³-hybridized carbons (Fsp3) is 0.808. The zero-order chi connectivity index (χ0) is 60.5. The Morgan fingerprint density at radius 3 is 1.02 bits per heavy atom. The van der Waals surface area contributed by atoms with Crippen LogP contribution in [0.2, 0.25) is 0 Å². The Kier molecular flexibility index (Phi) is 62.0. The van der Waals surface area contributed by atoms with Crippen molar-refractivity contribution >= 4 is 19.8 Å². The Morgan fingerprint density at radius 2 is 0.687 bits per heavy atom. The summed E-state index contributed by atoms with van der Waals surface area (Å²) in [6.45, 7) is 4.17. The van der Waals surface area contributed by atoms with Gasteiger partial charge in [0.2, 0.25) is 0 Å². The molecule has 0 heterocycles. The van der Waals surface area contributed by atoms with Crippen molar-refractivity contribution in [1.29, 1.82) is 0 Å². The number of ether oxygens (including phenoxy) is 2. The molecule has 0 aliphatic carbocycles. The highest BCUT2D eigenvalue weighted by Crippen LogP contribution is 2.38. The van der Waals surface area contributed by atoms with E-state index in [0.717, 1.165) is 83.5 Å². The predicted molar refractivity (Wildman–Crippen MR) is 356 cm³/mol. The second kappa shape index (κ2) is 63.9. The lowest BCUT2D eigenvalue weighted by molar-refractivity contribution is -0.870. The average molecular weight is 1180 g/mol. The Bertz CT molecular complexity index is 1630. The first kappa shape index (κ1) is 80.5. The maximum atomic E-state index is 12.9. The highest BCUT2D eigenvalue weighted by Gasteiger charge is 2.22. The van der Waals surface area contributed by atoms with Crippen LogP contribution in [-0.4, -0.2) is 70.0 Å². The number of carbonyl (C=O) groups excluding carboxylic acids is 2. The van der Waals surface area contributed by atoms with Gasteiger partial charge in [-0.25, -0.2) is 0 Å². The Morgan fingerprint density at radius 1 is 0.386 bits per heavy atom. The van der Waals surface area contributed by atoms with E-state index in [1.807, 2.05) is 21.1 Å². The number of hydrogen-bond donors (Lipinski definition) is 0. The molecule has 0 aromatic carbocycles. The molecule has 0 aromatic heterocycles. The third-order valence-electron chi connectivity index (χ3n) is 15.5. The molecule has 0 aliphatic heterocycles. The van der Waals surface area contributed by atoms with Crippen LogP contribution >= 0.6 is 7.82 Å². The number of likely N-dealkylation sites (N-methyl/N-ethyl adjacent to an activating group) is 1. The molecule has 0 fully saturated rings. The minimum absolute atomic E-state index is 0.0326. The number of phosphoric acid groups is 1. The van der Waals surface area contributed by atoms with E-state index < -0.39 is 26.5 Å². The average Bonchev–Trinajstić information content (AvgIpc) is 3.49. The summed E-state index contributed by atoms with van der Waals surface area (Å²) in [5.74, 6) is -0.826. The Labute approximate surface area is 514 Å². The van der Waals surface area contributed by atoms with Gasteiger partial charge in [-0.3, -0.25) is 14.2 Å². The van der Waals surface area contributed by atoms with Crippen molar-refractivity contribution in [2.45, 2.75) is 335 Å². The Balaban J connectivity index is 4.04. The Hall–Kier alpha value is -2.55. The van der Waals surface area contributed by atoms with Crippen LogP contribution in [0.15, 0.2) is 72.9 Å². The summed E-state index contributed by atoms with van der Waals surface area (Å²) < 4.78 is 34.3. The second-order valence-corrected chi connectivity index (χ2v) is 26.3.